The number of hydrogen-bond acceptors (Lipinski definition) is 5. The minimum Gasteiger partial charge on any atom is -0.490 e. The van der Waals surface area contributed by atoms with E-state index in [9.17, 15) is 9.18 Å². The van der Waals surface area contributed by atoms with Crippen LogP contribution in [0.15, 0.2) is 48.1 Å². The number of ether oxygens (including phenoxy) is 2. The Labute approximate surface area is 169 Å². The van der Waals surface area contributed by atoms with Crippen LogP contribution in [0.3, 0.4) is 0 Å². The lowest BCUT2D eigenvalue weighted by molar-refractivity contribution is 0.0951. The van der Waals surface area contributed by atoms with Crippen LogP contribution in [-0.2, 0) is 6.42 Å². The Morgan fingerprint density at radius 3 is 2.66 bits per heavy atom. The SMILES string of the molecule is C=CCc1cc(/C=N\NC(=O)c2ccc(C#N)cc2F)cc(OCC)c1OCC. The van der Waals surface area contributed by atoms with Gasteiger partial charge in [0, 0.05) is 5.56 Å². The monoisotopic (exact) mass is 395 g/mol. The summed E-state index contributed by atoms with van der Waals surface area (Å²) < 4.78 is 25.3. The molecule has 0 aliphatic rings. The Bertz CT molecular complexity index is 965. The van der Waals surface area contributed by atoms with Gasteiger partial charge in [0.05, 0.1) is 36.6 Å². The molecule has 29 heavy (non-hydrogen) atoms. The fourth-order valence-corrected chi connectivity index (χ4v) is 2.63. The molecule has 0 unspecified atom stereocenters. The zero-order chi connectivity index (χ0) is 21.2. The van der Waals surface area contributed by atoms with Gasteiger partial charge in [-0.3, -0.25) is 4.79 Å². The highest BCUT2D eigenvalue weighted by atomic mass is 19.1. The van der Waals surface area contributed by atoms with Gasteiger partial charge in [-0.05, 0) is 56.2 Å². The molecule has 2 aromatic rings. The van der Waals surface area contributed by atoms with E-state index < -0.39 is 11.7 Å². The van der Waals surface area contributed by atoms with E-state index in [0.29, 0.717) is 36.7 Å². The third-order valence-electron chi connectivity index (χ3n) is 3.83. The van der Waals surface area contributed by atoms with Crippen LogP contribution >= 0.6 is 0 Å². The van der Waals surface area contributed by atoms with Crippen molar-refractivity contribution in [1.29, 1.82) is 5.26 Å². The standard InChI is InChI=1S/C22H22FN3O3/c1-4-7-17-10-16(12-20(28-5-2)21(17)29-6-3)14-25-26-22(27)18-9-8-15(13-24)11-19(18)23/h4,8-12,14H,1,5-7H2,2-3H3,(H,26,27)/b25-14-. The molecule has 0 saturated carbocycles. The summed E-state index contributed by atoms with van der Waals surface area (Å²) in [5.41, 5.74) is 3.77. The second kappa shape index (κ2) is 10.6. The number of nitrogens with zero attached hydrogens (tertiary/aromatic N) is 2. The maximum atomic E-state index is 13.9. The predicted octanol–water partition coefficient (Wildman–Crippen LogP) is 3.99. The van der Waals surface area contributed by atoms with Gasteiger partial charge in [0.15, 0.2) is 11.5 Å². The molecule has 7 heteroatoms. The van der Waals surface area contributed by atoms with Crippen LogP contribution < -0.4 is 14.9 Å². The largest absolute Gasteiger partial charge is 0.490 e. The van der Waals surface area contributed by atoms with E-state index in [4.69, 9.17) is 14.7 Å². The molecule has 0 radical (unpaired) electrons. The zero-order valence-electron chi connectivity index (χ0n) is 16.4. The van der Waals surface area contributed by atoms with Crippen LogP contribution in [0.4, 0.5) is 4.39 Å². The predicted molar refractivity (Wildman–Crippen MR) is 109 cm³/mol. The lowest BCUT2D eigenvalue weighted by atomic mass is 10.1. The molecule has 150 valence electrons. The van der Waals surface area contributed by atoms with E-state index in [1.165, 1.54) is 18.3 Å². The number of rotatable bonds is 9. The molecule has 2 rings (SSSR count). The van der Waals surface area contributed by atoms with E-state index >= 15 is 0 Å². The van der Waals surface area contributed by atoms with E-state index in [2.05, 4.69) is 17.1 Å². The van der Waals surface area contributed by atoms with Gasteiger partial charge in [-0.2, -0.15) is 10.4 Å². The first-order chi connectivity index (χ1) is 14.0. The molecule has 1 N–H and O–H groups in total. The minimum absolute atomic E-state index is 0.134. The second-order valence-corrected chi connectivity index (χ2v) is 5.87. The second-order valence-electron chi connectivity index (χ2n) is 5.87. The Morgan fingerprint density at radius 1 is 1.28 bits per heavy atom. The normalized spacial score (nSPS) is 10.4. The summed E-state index contributed by atoms with van der Waals surface area (Å²) in [6.45, 7) is 8.47. The fourth-order valence-electron chi connectivity index (χ4n) is 2.63. The van der Waals surface area contributed by atoms with Gasteiger partial charge < -0.3 is 9.47 Å². The molecule has 0 atom stereocenters. The summed E-state index contributed by atoms with van der Waals surface area (Å²) in [6, 6.07) is 9.02. The summed E-state index contributed by atoms with van der Waals surface area (Å²) in [4.78, 5) is 12.1. The molecule has 0 spiro atoms. The van der Waals surface area contributed by atoms with Crippen molar-refractivity contribution in [2.75, 3.05) is 13.2 Å². The highest BCUT2D eigenvalue weighted by Gasteiger charge is 2.13. The Hall–Kier alpha value is -3.66. The summed E-state index contributed by atoms with van der Waals surface area (Å²) in [6.07, 6.45) is 3.76. The van der Waals surface area contributed by atoms with Crippen LogP contribution in [-0.4, -0.2) is 25.3 Å². The first-order valence-corrected chi connectivity index (χ1v) is 9.10. The number of halogens is 1. The van der Waals surface area contributed by atoms with Crippen LogP contribution in [0.5, 0.6) is 11.5 Å². The minimum atomic E-state index is -0.787. The average Bonchev–Trinajstić information content (AvgIpc) is 2.70. The van der Waals surface area contributed by atoms with Crippen molar-refractivity contribution in [2.24, 2.45) is 5.10 Å². The number of nitrogens with one attached hydrogen (secondary N) is 1. The highest BCUT2D eigenvalue weighted by molar-refractivity contribution is 5.95. The van der Waals surface area contributed by atoms with Gasteiger partial charge in [0.2, 0.25) is 0 Å². The molecular formula is C22H22FN3O3. The molecule has 0 aliphatic heterocycles. The molecule has 0 heterocycles. The average molecular weight is 395 g/mol. The quantitative estimate of drug-likeness (QED) is 0.395. The smallest absolute Gasteiger partial charge is 0.274 e. The van der Waals surface area contributed by atoms with Crippen molar-refractivity contribution in [2.45, 2.75) is 20.3 Å². The molecule has 0 aliphatic carbocycles. The Kier molecular flexibility index (Phi) is 7.92. The van der Waals surface area contributed by atoms with Gasteiger partial charge in [0.1, 0.15) is 5.82 Å². The molecule has 0 bridgehead atoms. The number of allylic oxidation sites excluding steroid dienone is 1. The lowest BCUT2D eigenvalue weighted by Gasteiger charge is -2.15. The number of carbonyl (C=O) groups excluding carboxylic acids is 1. The Balaban J connectivity index is 2.24. The molecule has 2 aromatic carbocycles. The van der Waals surface area contributed by atoms with Gasteiger partial charge in [0.25, 0.3) is 5.91 Å². The number of benzene rings is 2. The van der Waals surface area contributed by atoms with E-state index in [-0.39, 0.29) is 11.1 Å². The van der Waals surface area contributed by atoms with Gasteiger partial charge >= 0.3 is 0 Å². The first-order valence-electron chi connectivity index (χ1n) is 9.10. The van der Waals surface area contributed by atoms with Gasteiger partial charge in [-0.15, -0.1) is 6.58 Å². The molecule has 0 aromatic heterocycles. The zero-order valence-corrected chi connectivity index (χ0v) is 16.4. The number of amides is 1. The van der Waals surface area contributed by atoms with Crippen LogP contribution in [0, 0.1) is 17.1 Å². The first kappa shape index (κ1) is 21.6. The van der Waals surface area contributed by atoms with Crippen molar-refractivity contribution in [3.63, 3.8) is 0 Å². The molecule has 1 amide bonds. The lowest BCUT2D eigenvalue weighted by Crippen LogP contribution is -2.19. The van der Waals surface area contributed by atoms with E-state index in [1.54, 1.807) is 12.1 Å². The summed E-state index contributed by atoms with van der Waals surface area (Å²) in [5, 5.41) is 12.7. The summed E-state index contributed by atoms with van der Waals surface area (Å²) in [7, 11) is 0. The van der Waals surface area contributed by atoms with Crippen LogP contribution in [0.25, 0.3) is 0 Å². The summed E-state index contributed by atoms with van der Waals surface area (Å²) in [5.74, 6) is -0.287. The van der Waals surface area contributed by atoms with Gasteiger partial charge in [-0.1, -0.05) is 6.08 Å². The maximum Gasteiger partial charge on any atom is 0.274 e. The third kappa shape index (κ3) is 5.66. The van der Waals surface area contributed by atoms with Crippen LogP contribution in [0.2, 0.25) is 0 Å². The van der Waals surface area contributed by atoms with Crippen molar-refractivity contribution >= 4 is 12.1 Å². The van der Waals surface area contributed by atoms with Crippen molar-refractivity contribution < 1.29 is 18.7 Å². The number of carbonyl (C=O) groups is 1. The number of hydrazone groups is 1. The maximum absolute atomic E-state index is 13.9. The third-order valence-corrected chi connectivity index (χ3v) is 3.83. The topological polar surface area (TPSA) is 83.7 Å². The molecular weight excluding hydrogens is 373 g/mol. The molecule has 0 fully saturated rings. The van der Waals surface area contributed by atoms with Crippen molar-refractivity contribution in [1.82, 2.24) is 5.43 Å². The Morgan fingerprint density at radius 2 is 2.03 bits per heavy atom. The fraction of sp³-hybridized carbons (Fsp3) is 0.227. The molecule has 0 saturated heterocycles. The molecule has 6 nitrogen and oxygen atoms in total. The van der Waals surface area contributed by atoms with Crippen molar-refractivity contribution in [3.05, 3.63) is 71.1 Å². The van der Waals surface area contributed by atoms with E-state index in [0.717, 1.165) is 11.6 Å². The highest BCUT2D eigenvalue weighted by Crippen LogP contribution is 2.33. The summed E-state index contributed by atoms with van der Waals surface area (Å²) >= 11 is 0. The van der Waals surface area contributed by atoms with Crippen LogP contribution in [0.1, 0.15) is 40.9 Å². The van der Waals surface area contributed by atoms with E-state index in [1.807, 2.05) is 26.0 Å². The number of nitriles is 1. The number of hydrogen-bond donors (Lipinski definition) is 1. The van der Waals surface area contributed by atoms with Crippen molar-refractivity contribution in [3.8, 4) is 17.6 Å². The van der Waals surface area contributed by atoms with Gasteiger partial charge in [-0.25, -0.2) is 9.82 Å².